The molecular weight excluding hydrogens is 420 g/mol. The number of aryl methyl sites for hydroxylation is 1. The van der Waals surface area contributed by atoms with Gasteiger partial charge in [-0.1, -0.05) is 24.3 Å². The molecule has 33 heavy (non-hydrogen) atoms. The maximum absolute atomic E-state index is 13.0. The van der Waals surface area contributed by atoms with Crippen molar-refractivity contribution < 1.29 is 14.3 Å². The van der Waals surface area contributed by atoms with Gasteiger partial charge < -0.3 is 19.3 Å². The molecule has 0 N–H and O–H groups in total. The van der Waals surface area contributed by atoms with Gasteiger partial charge in [0.15, 0.2) is 17.1 Å². The lowest BCUT2D eigenvalue weighted by atomic mass is 10.1. The van der Waals surface area contributed by atoms with Gasteiger partial charge in [-0.2, -0.15) is 4.52 Å². The van der Waals surface area contributed by atoms with Gasteiger partial charge in [0.1, 0.15) is 0 Å². The van der Waals surface area contributed by atoms with Gasteiger partial charge in [0.25, 0.3) is 0 Å². The van der Waals surface area contributed by atoms with Gasteiger partial charge in [0.2, 0.25) is 0 Å². The Labute approximate surface area is 192 Å². The first-order chi connectivity index (χ1) is 15.9. The Kier molecular flexibility index (Phi) is 6.30. The number of carbonyl (C=O) groups is 1. The number of para-hydroxylation sites is 1. The number of hydrogen-bond donors (Lipinski definition) is 0. The van der Waals surface area contributed by atoms with Crippen molar-refractivity contribution in [2.45, 2.75) is 19.9 Å². The van der Waals surface area contributed by atoms with Crippen molar-refractivity contribution in [3.05, 3.63) is 59.2 Å². The lowest BCUT2D eigenvalue weighted by Gasteiger charge is -2.26. The average Bonchev–Trinajstić information content (AvgIpc) is 3.31. The topological polar surface area (TPSA) is 85.1 Å². The smallest absolute Gasteiger partial charge is 0.319 e. The largest absolute Gasteiger partial charge is 0.493 e. The summed E-state index contributed by atoms with van der Waals surface area (Å²) in [7, 11) is 6.73. The third-order valence-electron chi connectivity index (χ3n) is 5.70. The summed E-state index contributed by atoms with van der Waals surface area (Å²) in [4.78, 5) is 16.4. The summed E-state index contributed by atoms with van der Waals surface area (Å²) >= 11 is 0. The Morgan fingerprint density at radius 2 is 1.85 bits per heavy atom. The molecule has 0 aliphatic heterocycles. The predicted octanol–water partition coefficient (Wildman–Crippen LogP) is 3.33. The molecule has 2 aromatic carbocycles. The van der Waals surface area contributed by atoms with Gasteiger partial charge in [0.05, 0.1) is 26.3 Å². The zero-order valence-electron chi connectivity index (χ0n) is 19.6. The van der Waals surface area contributed by atoms with E-state index in [2.05, 4.69) is 21.6 Å². The van der Waals surface area contributed by atoms with Crippen molar-refractivity contribution in [3.63, 3.8) is 0 Å². The highest BCUT2D eigenvalue weighted by atomic mass is 16.5. The van der Waals surface area contributed by atoms with Gasteiger partial charge in [-0.15, -0.1) is 5.10 Å². The highest BCUT2D eigenvalue weighted by Gasteiger charge is 2.20. The van der Waals surface area contributed by atoms with E-state index in [-0.39, 0.29) is 6.03 Å². The molecule has 9 heteroatoms. The second-order valence-electron chi connectivity index (χ2n) is 8.13. The number of carbonyl (C=O) groups excluding carboxylic acids is 1. The molecule has 0 fully saturated rings. The van der Waals surface area contributed by atoms with Crippen molar-refractivity contribution in [1.29, 1.82) is 0 Å². The number of ether oxygens (including phenoxy) is 2. The quantitative estimate of drug-likeness (QED) is 0.431. The first-order valence-electron chi connectivity index (χ1n) is 10.7. The van der Waals surface area contributed by atoms with E-state index in [1.807, 2.05) is 48.2 Å². The maximum Gasteiger partial charge on any atom is 0.319 e. The Balaban J connectivity index is 1.65. The summed E-state index contributed by atoms with van der Waals surface area (Å²) in [6.45, 7) is 2.94. The van der Waals surface area contributed by atoms with Crippen LogP contribution in [0.15, 0.2) is 42.5 Å². The maximum atomic E-state index is 13.0. The minimum Gasteiger partial charge on any atom is -0.493 e. The van der Waals surface area contributed by atoms with Gasteiger partial charge in [-0.05, 0) is 53.1 Å². The molecule has 0 radical (unpaired) electrons. The zero-order valence-corrected chi connectivity index (χ0v) is 19.6. The number of benzene rings is 2. The molecule has 0 saturated carbocycles. The fraction of sp³-hybridized carbons (Fsp3) is 0.333. The van der Waals surface area contributed by atoms with Crippen molar-refractivity contribution in [1.82, 2.24) is 29.8 Å². The van der Waals surface area contributed by atoms with Crippen LogP contribution >= 0.6 is 0 Å². The number of aromatic nitrogens is 4. The standard InChI is InChI=1S/C24H28N6O3/c1-16-7-6-8-18-14-19(23-25-26-27-30(23)22(16)18)15-29(24(31)28(2)3)12-11-17-9-10-20(32-4)21(13-17)33-5/h6-10,13-14H,11-12,15H2,1-5H3. The van der Waals surface area contributed by atoms with Crippen molar-refractivity contribution in [3.8, 4) is 11.5 Å². The molecule has 4 aromatic rings. The lowest BCUT2D eigenvalue weighted by Crippen LogP contribution is -2.40. The number of rotatable bonds is 7. The third kappa shape index (κ3) is 4.39. The monoisotopic (exact) mass is 448 g/mol. The van der Waals surface area contributed by atoms with Crippen LogP contribution in [-0.2, 0) is 13.0 Å². The molecule has 172 valence electrons. The molecule has 0 saturated heterocycles. The molecule has 0 spiro atoms. The molecule has 2 amide bonds. The average molecular weight is 449 g/mol. The van der Waals surface area contributed by atoms with E-state index in [4.69, 9.17) is 9.47 Å². The number of tetrazole rings is 1. The van der Waals surface area contributed by atoms with E-state index >= 15 is 0 Å². The summed E-state index contributed by atoms with van der Waals surface area (Å²) < 4.78 is 12.5. The summed E-state index contributed by atoms with van der Waals surface area (Å²) in [6, 6.07) is 13.9. The highest BCUT2D eigenvalue weighted by Crippen LogP contribution is 2.28. The molecule has 4 rings (SSSR count). The number of methoxy groups -OCH3 is 2. The Hall–Kier alpha value is -3.88. The molecule has 0 aliphatic rings. The van der Waals surface area contributed by atoms with Crippen LogP contribution in [0.5, 0.6) is 11.5 Å². The number of pyridine rings is 1. The normalized spacial score (nSPS) is 11.1. The van der Waals surface area contributed by atoms with Gasteiger partial charge >= 0.3 is 6.03 Å². The molecule has 0 bridgehead atoms. The van der Waals surface area contributed by atoms with Crippen LogP contribution in [0.25, 0.3) is 16.6 Å². The second kappa shape index (κ2) is 9.32. The van der Waals surface area contributed by atoms with Crippen LogP contribution in [-0.4, -0.2) is 70.7 Å². The van der Waals surface area contributed by atoms with E-state index in [0.29, 0.717) is 36.7 Å². The van der Waals surface area contributed by atoms with Crippen LogP contribution in [0.4, 0.5) is 4.79 Å². The Bertz CT molecular complexity index is 1300. The van der Waals surface area contributed by atoms with Crippen molar-refractivity contribution in [2.75, 3.05) is 34.9 Å². The first-order valence-corrected chi connectivity index (χ1v) is 10.7. The second-order valence-corrected chi connectivity index (χ2v) is 8.13. The fourth-order valence-electron chi connectivity index (χ4n) is 4.03. The van der Waals surface area contributed by atoms with Crippen LogP contribution in [0.1, 0.15) is 16.7 Å². The first kappa shape index (κ1) is 22.3. The van der Waals surface area contributed by atoms with Gasteiger partial charge in [-0.3, -0.25) is 0 Å². The molecule has 0 aliphatic carbocycles. The fourth-order valence-corrected chi connectivity index (χ4v) is 4.03. The van der Waals surface area contributed by atoms with E-state index in [0.717, 1.165) is 27.6 Å². The molecule has 0 atom stereocenters. The summed E-state index contributed by atoms with van der Waals surface area (Å²) in [5, 5.41) is 13.4. The van der Waals surface area contributed by atoms with Crippen LogP contribution < -0.4 is 9.47 Å². The molecule has 2 heterocycles. The van der Waals surface area contributed by atoms with Gasteiger partial charge in [0, 0.05) is 31.6 Å². The van der Waals surface area contributed by atoms with E-state index in [9.17, 15) is 4.79 Å². The minimum atomic E-state index is -0.0783. The third-order valence-corrected chi connectivity index (χ3v) is 5.70. The zero-order chi connectivity index (χ0) is 23.5. The molecule has 0 unspecified atom stereocenters. The van der Waals surface area contributed by atoms with Crippen molar-refractivity contribution in [2.24, 2.45) is 0 Å². The number of amides is 2. The van der Waals surface area contributed by atoms with Crippen LogP contribution in [0.2, 0.25) is 0 Å². The SMILES string of the molecule is COc1ccc(CCN(Cc2cc3cccc(C)c3n3nnnc23)C(=O)N(C)C)cc1OC. The lowest BCUT2D eigenvalue weighted by molar-refractivity contribution is 0.169. The van der Waals surface area contributed by atoms with Crippen LogP contribution in [0, 0.1) is 6.92 Å². The Morgan fingerprint density at radius 3 is 2.58 bits per heavy atom. The molecular formula is C24H28N6O3. The van der Waals surface area contributed by atoms with Crippen molar-refractivity contribution >= 4 is 22.6 Å². The number of fused-ring (bicyclic) bond motifs is 3. The van der Waals surface area contributed by atoms with E-state index in [1.54, 1.807) is 37.7 Å². The predicted molar refractivity (Wildman–Crippen MR) is 126 cm³/mol. The Morgan fingerprint density at radius 1 is 1.06 bits per heavy atom. The highest BCUT2D eigenvalue weighted by molar-refractivity contribution is 5.86. The van der Waals surface area contributed by atoms with E-state index < -0.39 is 0 Å². The summed E-state index contributed by atoms with van der Waals surface area (Å²) in [5.41, 5.74) is 4.65. The number of urea groups is 1. The van der Waals surface area contributed by atoms with Gasteiger partial charge in [-0.25, -0.2) is 4.79 Å². The molecule has 9 nitrogen and oxygen atoms in total. The number of nitrogens with zero attached hydrogens (tertiary/aromatic N) is 6. The molecule has 2 aromatic heterocycles. The minimum absolute atomic E-state index is 0.0783. The van der Waals surface area contributed by atoms with E-state index in [1.165, 1.54) is 0 Å². The summed E-state index contributed by atoms with van der Waals surface area (Å²) in [5.74, 6) is 1.34. The summed E-state index contributed by atoms with van der Waals surface area (Å²) in [6.07, 6.45) is 0.661. The number of hydrogen-bond acceptors (Lipinski definition) is 6. The van der Waals surface area contributed by atoms with Crippen LogP contribution in [0.3, 0.4) is 0 Å².